The van der Waals surface area contributed by atoms with Crippen LogP contribution in [0.15, 0.2) is 54.6 Å². The molecule has 0 unspecified atom stereocenters. The summed E-state index contributed by atoms with van der Waals surface area (Å²) in [5, 5.41) is 3.11. The maximum absolute atomic E-state index is 12.7. The second kappa shape index (κ2) is 12.0. The van der Waals surface area contributed by atoms with E-state index in [0.29, 0.717) is 38.2 Å². The van der Waals surface area contributed by atoms with Gasteiger partial charge < -0.3 is 19.9 Å². The van der Waals surface area contributed by atoms with Crippen LogP contribution >= 0.6 is 0 Å². The zero-order valence-corrected chi connectivity index (χ0v) is 20.1. The first-order valence-electron chi connectivity index (χ1n) is 12.3. The van der Waals surface area contributed by atoms with Crippen molar-refractivity contribution in [2.24, 2.45) is 5.92 Å². The van der Waals surface area contributed by atoms with Gasteiger partial charge in [0.25, 0.3) is 5.91 Å². The van der Waals surface area contributed by atoms with E-state index in [1.54, 1.807) is 4.90 Å². The van der Waals surface area contributed by atoms with Crippen LogP contribution in [0.3, 0.4) is 0 Å². The molecule has 0 spiro atoms. The van der Waals surface area contributed by atoms with Crippen LogP contribution in [0, 0.1) is 5.92 Å². The molecule has 2 heterocycles. The Labute approximate surface area is 202 Å². The SMILES string of the molecule is CN1CCN(Cc2cccc(CNC(=O)C3CCN(C(=O)COc4ccccc4)CC3)c2)CC1. The number of piperidine rings is 1. The Morgan fingerprint density at radius 3 is 2.35 bits per heavy atom. The van der Waals surface area contributed by atoms with E-state index in [0.717, 1.165) is 38.3 Å². The summed E-state index contributed by atoms with van der Waals surface area (Å²) in [4.78, 5) is 31.8. The lowest BCUT2D eigenvalue weighted by Gasteiger charge is -2.32. The first-order valence-corrected chi connectivity index (χ1v) is 12.3. The van der Waals surface area contributed by atoms with E-state index in [9.17, 15) is 9.59 Å². The maximum atomic E-state index is 12.7. The van der Waals surface area contributed by atoms with Gasteiger partial charge in [-0.3, -0.25) is 14.5 Å². The van der Waals surface area contributed by atoms with Gasteiger partial charge in [0.15, 0.2) is 6.61 Å². The Balaban J connectivity index is 1.17. The van der Waals surface area contributed by atoms with Crippen molar-refractivity contribution in [3.05, 3.63) is 65.7 Å². The molecule has 2 aromatic carbocycles. The van der Waals surface area contributed by atoms with Crippen molar-refractivity contribution in [1.82, 2.24) is 20.0 Å². The predicted octanol–water partition coefficient (Wildman–Crippen LogP) is 2.37. The summed E-state index contributed by atoms with van der Waals surface area (Å²) < 4.78 is 5.57. The smallest absolute Gasteiger partial charge is 0.260 e. The van der Waals surface area contributed by atoms with Gasteiger partial charge in [0.2, 0.25) is 5.91 Å². The van der Waals surface area contributed by atoms with Crippen molar-refractivity contribution in [2.75, 3.05) is 52.9 Å². The predicted molar refractivity (Wildman–Crippen MR) is 132 cm³/mol. The van der Waals surface area contributed by atoms with E-state index in [1.807, 2.05) is 30.3 Å². The molecule has 7 heteroatoms. The molecule has 7 nitrogen and oxygen atoms in total. The highest BCUT2D eigenvalue weighted by molar-refractivity contribution is 5.80. The zero-order valence-electron chi connectivity index (χ0n) is 20.1. The van der Waals surface area contributed by atoms with Crippen LogP contribution in [0.5, 0.6) is 5.75 Å². The molecule has 0 radical (unpaired) electrons. The highest BCUT2D eigenvalue weighted by atomic mass is 16.5. The van der Waals surface area contributed by atoms with E-state index >= 15 is 0 Å². The van der Waals surface area contributed by atoms with Crippen molar-refractivity contribution < 1.29 is 14.3 Å². The number of para-hydroxylation sites is 1. The molecule has 2 aliphatic rings. The number of likely N-dealkylation sites (N-methyl/N-ethyl adjacent to an activating group) is 1. The molecule has 2 amide bonds. The molecule has 4 rings (SSSR count). The minimum atomic E-state index is -0.0485. The number of hydrogen-bond acceptors (Lipinski definition) is 5. The van der Waals surface area contributed by atoms with Gasteiger partial charge in [-0.25, -0.2) is 0 Å². The van der Waals surface area contributed by atoms with Crippen LogP contribution in [0.4, 0.5) is 0 Å². The third kappa shape index (κ3) is 7.05. The zero-order chi connectivity index (χ0) is 23.8. The van der Waals surface area contributed by atoms with Gasteiger partial charge >= 0.3 is 0 Å². The molecule has 182 valence electrons. The number of likely N-dealkylation sites (tertiary alicyclic amines) is 1. The van der Waals surface area contributed by atoms with Crippen LogP contribution < -0.4 is 10.1 Å². The molecule has 0 aromatic heterocycles. The summed E-state index contributed by atoms with van der Waals surface area (Å²) >= 11 is 0. The molecule has 0 atom stereocenters. The average Bonchev–Trinajstić information content (AvgIpc) is 2.88. The fourth-order valence-electron chi connectivity index (χ4n) is 4.58. The van der Waals surface area contributed by atoms with Gasteiger partial charge in [0, 0.05) is 58.3 Å². The van der Waals surface area contributed by atoms with E-state index in [2.05, 4.69) is 46.4 Å². The normalized spacial score (nSPS) is 18.0. The fourth-order valence-corrected chi connectivity index (χ4v) is 4.58. The lowest BCUT2D eigenvalue weighted by molar-refractivity contribution is -0.137. The van der Waals surface area contributed by atoms with Crippen molar-refractivity contribution >= 4 is 11.8 Å². The van der Waals surface area contributed by atoms with Crippen LogP contribution in [-0.4, -0.2) is 79.4 Å². The van der Waals surface area contributed by atoms with Crippen LogP contribution in [0.25, 0.3) is 0 Å². The van der Waals surface area contributed by atoms with Gasteiger partial charge in [0.05, 0.1) is 0 Å². The highest BCUT2D eigenvalue weighted by Gasteiger charge is 2.27. The number of ether oxygens (including phenoxy) is 1. The molecule has 0 bridgehead atoms. The molecule has 2 aromatic rings. The molecular weight excluding hydrogens is 428 g/mol. The minimum Gasteiger partial charge on any atom is -0.484 e. The average molecular weight is 465 g/mol. The van der Waals surface area contributed by atoms with E-state index < -0.39 is 0 Å². The van der Waals surface area contributed by atoms with Crippen molar-refractivity contribution in [2.45, 2.75) is 25.9 Å². The van der Waals surface area contributed by atoms with E-state index in [4.69, 9.17) is 4.74 Å². The molecular formula is C27H36N4O3. The van der Waals surface area contributed by atoms with Gasteiger partial charge in [-0.2, -0.15) is 0 Å². The Morgan fingerprint density at radius 2 is 1.62 bits per heavy atom. The number of benzene rings is 2. The van der Waals surface area contributed by atoms with E-state index in [-0.39, 0.29) is 24.3 Å². The highest BCUT2D eigenvalue weighted by Crippen LogP contribution is 2.18. The number of amides is 2. The second-order valence-corrected chi connectivity index (χ2v) is 9.37. The standard InChI is InChI=1S/C27H36N4O3/c1-29-14-16-30(17-15-29)20-23-7-5-6-22(18-23)19-28-27(33)24-10-12-31(13-11-24)26(32)21-34-25-8-3-2-4-9-25/h2-9,18,24H,10-17,19-21H2,1H3,(H,28,33). The quantitative estimate of drug-likeness (QED) is 0.650. The summed E-state index contributed by atoms with van der Waals surface area (Å²) in [5.41, 5.74) is 2.42. The molecule has 1 N–H and O–H groups in total. The number of nitrogens with zero attached hydrogens (tertiary/aromatic N) is 3. The summed E-state index contributed by atoms with van der Waals surface area (Å²) in [5.74, 6) is 0.697. The molecule has 0 saturated carbocycles. The maximum Gasteiger partial charge on any atom is 0.260 e. The largest absolute Gasteiger partial charge is 0.484 e. The summed E-state index contributed by atoms with van der Waals surface area (Å²) in [6.45, 7) is 7.13. The second-order valence-electron chi connectivity index (χ2n) is 9.37. The van der Waals surface area contributed by atoms with Gasteiger partial charge in [-0.05, 0) is 43.1 Å². The number of piperazine rings is 1. The van der Waals surface area contributed by atoms with Crippen LogP contribution in [-0.2, 0) is 22.7 Å². The van der Waals surface area contributed by atoms with Crippen LogP contribution in [0.1, 0.15) is 24.0 Å². The summed E-state index contributed by atoms with van der Waals surface area (Å²) in [7, 11) is 2.17. The fraction of sp³-hybridized carbons (Fsp3) is 0.481. The Hall–Kier alpha value is -2.90. The third-order valence-electron chi connectivity index (χ3n) is 6.78. The topological polar surface area (TPSA) is 65.1 Å². The number of nitrogens with one attached hydrogen (secondary N) is 1. The molecule has 34 heavy (non-hydrogen) atoms. The Bertz CT molecular complexity index is 936. The van der Waals surface area contributed by atoms with Crippen molar-refractivity contribution in [3.63, 3.8) is 0 Å². The minimum absolute atomic E-state index is 0.0279. The number of carbonyl (C=O) groups excluding carboxylic acids is 2. The molecule has 2 fully saturated rings. The van der Waals surface area contributed by atoms with Gasteiger partial charge in [0.1, 0.15) is 5.75 Å². The number of carbonyl (C=O) groups is 2. The lowest BCUT2D eigenvalue weighted by Crippen LogP contribution is -2.44. The number of rotatable bonds is 8. The summed E-state index contributed by atoms with van der Waals surface area (Å²) in [6, 6.07) is 17.9. The third-order valence-corrected chi connectivity index (χ3v) is 6.78. The van der Waals surface area contributed by atoms with E-state index in [1.165, 1.54) is 5.56 Å². The molecule has 2 aliphatic heterocycles. The van der Waals surface area contributed by atoms with Gasteiger partial charge in [-0.1, -0.05) is 42.5 Å². The molecule has 2 saturated heterocycles. The number of hydrogen-bond donors (Lipinski definition) is 1. The first kappa shape index (κ1) is 24.2. The van der Waals surface area contributed by atoms with Crippen molar-refractivity contribution in [3.8, 4) is 5.75 Å². The molecule has 0 aliphatic carbocycles. The Kier molecular flexibility index (Phi) is 8.55. The lowest BCUT2D eigenvalue weighted by atomic mass is 9.95. The first-order chi connectivity index (χ1) is 16.6. The van der Waals surface area contributed by atoms with Crippen molar-refractivity contribution in [1.29, 1.82) is 0 Å². The Morgan fingerprint density at radius 1 is 0.912 bits per heavy atom. The monoisotopic (exact) mass is 464 g/mol. The summed E-state index contributed by atoms with van der Waals surface area (Å²) in [6.07, 6.45) is 1.37. The van der Waals surface area contributed by atoms with Crippen LogP contribution in [0.2, 0.25) is 0 Å². The van der Waals surface area contributed by atoms with Gasteiger partial charge in [-0.15, -0.1) is 0 Å².